The van der Waals surface area contributed by atoms with Crippen molar-refractivity contribution in [3.63, 3.8) is 0 Å². The molecule has 0 saturated carbocycles. The minimum atomic E-state index is -0.924. The lowest BCUT2D eigenvalue weighted by Gasteiger charge is -2.05. The molecular formula is C16H15N3O4. The van der Waals surface area contributed by atoms with Crippen molar-refractivity contribution in [1.82, 2.24) is 5.43 Å². The Kier molecular flexibility index (Phi) is 5.30. The number of carbonyl (C=O) groups is 2. The van der Waals surface area contributed by atoms with Crippen LogP contribution in [0.25, 0.3) is 0 Å². The van der Waals surface area contributed by atoms with Crippen LogP contribution in [0.5, 0.6) is 11.5 Å². The van der Waals surface area contributed by atoms with E-state index in [-0.39, 0.29) is 11.5 Å². The second kappa shape index (κ2) is 7.60. The van der Waals surface area contributed by atoms with E-state index in [0.717, 1.165) is 0 Å². The third-order valence-corrected chi connectivity index (χ3v) is 2.86. The molecule has 0 heterocycles. The Hall–Kier alpha value is -3.35. The number of carbonyl (C=O) groups excluding carboxylic acids is 2. The van der Waals surface area contributed by atoms with Gasteiger partial charge in [0.1, 0.15) is 0 Å². The molecule has 2 aromatic carbocycles. The monoisotopic (exact) mass is 313 g/mol. The standard InChI is InChI=1S/C16H15N3O4/c1-23-13-9-5-6-11(14(13)20)10-17-19-16(22)15(21)18-12-7-3-2-4-8-12/h2-10,20H,1H3,(H,18,21)(H,19,22)/b17-10+. The first-order chi connectivity index (χ1) is 11.1. The number of para-hydroxylation sites is 2. The average Bonchev–Trinajstić information content (AvgIpc) is 2.57. The molecule has 0 atom stereocenters. The number of benzene rings is 2. The number of ether oxygens (including phenoxy) is 1. The van der Waals surface area contributed by atoms with E-state index in [1.54, 1.807) is 48.5 Å². The number of amides is 2. The van der Waals surface area contributed by atoms with E-state index in [4.69, 9.17) is 4.74 Å². The third-order valence-electron chi connectivity index (χ3n) is 2.86. The van der Waals surface area contributed by atoms with Crippen LogP contribution in [0, 0.1) is 0 Å². The van der Waals surface area contributed by atoms with Crippen molar-refractivity contribution in [1.29, 1.82) is 0 Å². The average molecular weight is 313 g/mol. The molecule has 2 amide bonds. The van der Waals surface area contributed by atoms with Crippen LogP contribution in [0.1, 0.15) is 5.56 Å². The number of anilines is 1. The topological polar surface area (TPSA) is 100 Å². The molecule has 3 N–H and O–H groups in total. The molecule has 0 aromatic heterocycles. The van der Waals surface area contributed by atoms with E-state index in [2.05, 4.69) is 15.8 Å². The first-order valence-corrected chi connectivity index (χ1v) is 6.67. The fraction of sp³-hybridized carbons (Fsp3) is 0.0625. The number of hydrogen-bond acceptors (Lipinski definition) is 5. The van der Waals surface area contributed by atoms with Gasteiger partial charge in [-0.05, 0) is 24.3 Å². The van der Waals surface area contributed by atoms with Crippen molar-refractivity contribution in [3.8, 4) is 11.5 Å². The third kappa shape index (κ3) is 4.31. The fourth-order valence-electron chi connectivity index (χ4n) is 1.73. The maximum atomic E-state index is 11.7. The first-order valence-electron chi connectivity index (χ1n) is 6.67. The van der Waals surface area contributed by atoms with Crippen molar-refractivity contribution >= 4 is 23.7 Å². The number of nitrogens with zero attached hydrogens (tertiary/aromatic N) is 1. The van der Waals surface area contributed by atoms with Gasteiger partial charge in [-0.3, -0.25) is 9.59 Å². The second-order valence-electron chi connectivity index (χ2n) is 4.42. The van der Waals surface area contributed by atoms with Gasteiger partial charge in [0, 0.05) is 11.3 Å². The molecule has 118 valence electrons. The van der Waals surface area contributed by atoms with Crippen LogP contribution < -0.4 is 15.5 Å². The maximum absolute atomic E-state index is 11.7. The Labute approximate surface area is 132 Å². The first kappa shape index (κ1) is 16.0. The van der Waals surface area contributed by atoms with Crippen LogP contribution in [0.4, 0.5) is 5.69 Å². The van der Waals surface area contributed by atoms with Crippen molar-refractivity contribution in [2.75, 3.05) is 12.4 Å². The number of hydrogen-bond donors (Lipinski definition) is 3. The number of nitrogens with one attached hydrogen (secondary N) is 2. The highest BCUT2D eigenvalue weighted by Crippen LogP contribution is 2.27. The smallest absolute Gasteiger partial charge is 0.329 e. The molecular weight excluding hydrogens is 298 g/mol. The van der Waals surface area contributed by atoms with Crippen LogP contribution in [0.3, 0.4) is 0 Å². The summed E-state index contributed by atoms with van der Waals surface area (Å²) >= 11 is 0. The van der Waals surface area contributed by atoms with Gasteiger partial charge in [0.2, 0.25) is 0 Å². The van der Waals surface area contributed by atoms with Crippen molar-refractivity contribution in [2.24, 2.45) is 5.10 Å². The van der Waals surface area contributed by atoms with Crippen molar-refractivity contribution < 1.29 is 19.4 Å². The zero-order chi connectivity index (χ0) is 16.7. The lowest BCUT2D eigenvalue weighted by atomic mass is 10.2. The zero-order valence-electron chi connectivity index (χ0n) is 12.3. The van der Waals surface area contributed by atoms with Gasteiger partial charge in [-0.15, -0.1) is 0 Å². The van der Waals surface area contributed by atoms with Gasteiger partial charge in [-0.1, -0.05) is 24.3 Å². The van der Waals surface area contributed by atoms with Gasteiger partial charge in [0.05, 0.1) is 13.3 Å². The largest absolute Gasteiger partial charge is 0.504 e. The number of aromatic hydroxyl groups is 1. The molecule has 0 unspecified atom stereocenters. The highest BCUT2D eigenvalue weighted by molar-refractivity contribution is 6.39. The number of phenolic OH excluding ortho intramolecular Hbond substituents is 1. The molecule has 7 heteroatoms. The van der Waals surface area contributed by atoms with E-state index < -0.39 is 11.8 Å². The molecule has 2 rings (SSSR count). The molecule has 0 aliphatic carbocycles. The van der Waals surface area contributed by atoms with Gasteiger partial charge in [0.25, 0.3) is 0 Å². The summed E-state index contributed by atoms with van der Waals surface area (Å²) in [5.74, 6) is -1.60. The van der Waals surface area contributed by atoms with Crippen LogP contribution in [-0.2, 0) is 9.59 Å². The summed E-state index contributed by atoms with van der Waals surface area (Å²) < 4.78 is 4.95. The predicted octanol–water partition coefficient (Wildman–Crippen LogP) is 1.49. The summed E-state index contributed by atoms with van der Waals surface area (Å²) in [4.78, 5) is 23.3. The number of rotatable bonds is 4. The minimum absolute atomic E-state index is 0.110. The van der Waals surface area contributed by atoms with E-state index in [1.807, 2.05) is 0 Å². The molecule has 2 aromatic rings. The van der Waals surface area contributed by atoms with Crippen LogP contribution in [0.2, 0.25) is 0 Å². The molecule has 7 nitrogen and oxygen atoms in total. The second-order valence-corrected chi connectivity index (χ2v) is 4.42. The maximum Gasteiger partial charge on any atom is 0.329 e. The Morgan fingerprint density at radius 3 is 2.52 bits per heavy atom. The molecule has 0 saturated heterocycles. The Bertz CT molecular complexity index is 729. The molecule has 0 aliphatic rings. The highest BCUT2D eigenvalue weighted by atomic mass is 16.5. The quantitative estimate of drug-likeness (QED) is 0.452. The molecule has 0 radical (unpaired) electrons. The fourth-order valence-corrected chi connectivity index (χ4v) is 1.73. The predicted molar refractivity (Wildman–Crippen MR) is 85.5 cm³/mol. The van der Waals surface area contributed by atoms with E-state index in [1.165, 1.54) is 13.3 Å². The summed E-state index contributed by atoms with van der Waals surface area (Å²) in [6, 6.07) is 13.4. The lowest BCUT2D eigenvalue weighted by molar-refractivity contribution is -0.136. The van der Waals surface area contributed by atoms with Crippen molar-refractivity contribution in [2.45, 2.75) is 0 Å². The normalized spacial score (nSPS) is 10.3. The molecule has 0 spiro atoms. The summed E-state index contributed by atoms with van der Waals surface area (Å²) in [7, 11) is 1.42. The van der Waals surface area contributed by atoms with Crippen LogP contribution in [0.15, 0.2) is 53.6 Å². The molecule has 0 fully saturated rings. The number of phenols is 1. The summed E-state index contributed by atoms with van der Waals surface area (Å²) in [5, 5.41) is 15.9. The minimum Gasteiger partial charge on any atom is -0.504 e. The lowest BCUT2D eigenvalue weighted by Crippen LogP contribution is -2.32. The SMILES string of the molecule is COc1cccc(/C=N/NC(=O)C(=O)Nc2ccccc2)c1O. The van der Waals surface area contributed by atoms with Gasteiger partial charge < -0.3 is 15.2 Å². The highest BCUT2D eigenvalue weighted by Gasteiger charge is 2.12. The van der Waals surface area contributed by atoms with Crippen LogP contribution >= 0.6 is 0 Å². The van der Waals surface area contributed by atoms with E-state index >= 15 is 0 Å². The Morgan fingerprint density at radius 1 is 1.09 bits per heavy atom. The Balaban J connectivity index is 1.95. The molecule has 23 heavy (non-hydrogen) atoms. The molecule has 0 bridgehead atoms. The summed E-state index contributed by atoms with van der Waals surface area (Å²) in [6.07, 6.45) is 1.21. The van der Waals surface area contributed by atoms with E-state index in [9.17, 15) is 14.7 Å². The van der Waals surface area contributed by atoms with Crippen molar-refractivity contribution in [3.05, 3.63) is 54.1 Å². The summed E-state index contributed by atoms with van der Waals surface area (Å²) in [6.45, 7) is 0. The number of methoxy groups -OCH3 is 1. The van der Waals surface area contributed by atoms with Gasteiger partial charge in [0.15, 0.2) is 11.5 Å². The number of hydrazone groups is 1. The summed E-state index contributed by atoms with van der Waals surface area (Å²) in [5.41, 5.74) is 2.93. The Morgan fingerprint density at radius 2 is 1.83 bits per heavy atom. The zero-order valence-corrected chi connectivity index (χ0v) is 12.3. The van der Waals surface area contributed by atoms with E-state index in [0.29, 0.717) is 11.3 Å². The van der Waals surface area contributed by atoms with Gasteiger partial charge >= 0.3 is 11.8 Å². The van der Waals surface area contributed by atoms with Gasteiger partial charge in [-0.2, -0.15) is 5.10 Å². The molecule has 0 aliphatic heterocycles. The van der Waals surface area contributed by atoms with Crippen LogP contribution in [-0.4, -0.2) is 30.2 Å². The van der Waals surface area contributed by atoms with Gasteiger partial charge in [-0.25, -0.2) is 5.43 Å².